The molecule has 1 aliphatic rings. The van der Waals surface area contributed by atoms with E-state index >= 15 is 0 Å². The quantitative estimate of drug-likeness (QED) is 0.734. The molecule has 1 fully saturated rings. The molecule has 3 nitrogen and oxygen atoms in total. The Labute approximate surface area is 96.1 Å². The van der Waals surface area contributed by atoms with E-state index in [1.807, 2.05) is 12.9 Å². The van der Waals surface area contributed by atoms with E-state index < -0.39 is 0 Å². The highest BCUT2D eigenvalue weighted by atomic mass is 16.3. The fourth-order valence-corrected chi connectivity index (χ4v) is 1.37. The molecule has 88 valence electrons. The number of Topliss-reactive ketones (excluding diaryl/α,β-unsaturated/α-hetero) is 1. The molecule has 1 aromatic carbocycles. The number of ketones is 1. The number of rotatable bonds is 0. The third-order valence-corrected chi connectivity index (χ3v) is 2.17. The lowest BCUT2D eigenvalue weighted by atomic mass is 10.00. The van der Waals surface area contributed by atoms with Gasteiger partial charge in [-0.15, -0.1) is 0 Å². The van der Waals surface area contributed by atoms with Gasteiger partial charge in [-0.2, -0.15) is 0 Å². The molecule has 1 N–H and O–H groups in total. The minimum atomic E-state index is 0.322. The average Bonchev–Trinajstić information content (AvgIpc) is 2.34. The molecule has 0 aliphatic heterocycles. The highest BCUT2D eigenvalue weighted by molar-refractivity contribution is 5.78. The van der Waals surface area contributed by atoms with Crippen molar-refractivity contribution >= 4 is 12.6 Å². The Bertz CT molecular complexity index is 274. The number of hydrogen-bond donors (Lipinski definition) is 1. The number of benzene rings is 1. The van der Waals surface area contributed by atoms with Crippen LogP contribution < -0.4 is 0 Å². The Hall–Kier alpha value is -1.64. The second-order valence-electron chi connectivity index (χ2n) is 3.43. The number of carbonyl (C=O) groups is 2. The van der Waals surface area contributed by atoms with E-state index in [4.69, 9.17) is 9.90 Å². The summed E-state index contributed by atoms with van der Waals surface area (Å²) in [6, 6.07) is 8.71. The number of para-hydroxylation sites is 1. The van der Waals surface area contributed by atoms with Crippen molar-refractivity contribution in [3.63, 3.8) is 0 Å². The third-order valence-electron chi connectivity index (χ3n) is 2.17. The molecule has 0 radical (unpaired) electrons. The maximum atomic E-state index is 10.5. The van der Waals surface area contributed by atoms with Crippen LogP contribution in [0.1, 0.15) is 32.1 Å². The summed E-state index contributed by atoms with van der Waals surface area (Å²) >= 11 is 0. The van der Waals surface area contributed by atoms with Crippen molar-refractivity contribution in [1.82, 2.24) is 0 Å². The van der Waals surface area contributed by atoms with Crippen molar-refractivity contribution in [3.8, 4) is 5.75 Å². The van der Waals surface area contributed by atoms with E-state index in [1.165, 1.54) is 6.42 Å². The number of phenols is 1. The van der Waals surface area contributed by atoms with Gasteiger partial charge in [-0.3, -0.25) is 4.79 Å². The van der Waals surface area contributed by atoms with Crippen LogP contribution in [0, 0.1) is 0 Å². The lowest BCUT2D eigenvalue weighted by Crippen LogP contribution is -2.02. The van der Waals surface area contributed by atoms with Gasteiger partial charge in [0.2, 0.25) is 0 Å². The van der Waals surface area contributed by atoms with Gasteiger partial charge >= 0.3 is 0 Å². The molecular formula is C13H18O3. The topological polar surface area (TPSA) is 54.4 Å². The fourth-order valence-electron chi connectivity index (χ4n) is 1.37. The number of hydrogen-bond acceptors (Lipinski definition) is 3. The minimum absolute atomic E-state index is 0.322. The smallest absolute Gasteiger partial charge is 0.132 e. The number of carbonyl (C=O) groups excluding carboxylic acids is 2. The largest absolute Gasteiger partial charge is 0.508 e. The van der Waals surface area contributed by atoms with Crippen LogP contribution in [0.25, 0.3) is 0 Å². The van der Waals surface area contributed by atoms with E-state index in [9.17, 15) is 4.79 Å². The summed E-state index contributed by atoms with van der Waals surface area (Å²) < 4.78 is 0. The summed E-state index contributed by atoms with van der Waals surface area (Å²) in [6.07, 6.45) is 5.24. The van der Waals surface area contributed by atoms with Gasteiger partial charge in [-0.25, -0.2) is 0 Å². The Morgan fingerprint density at radius 2 is 1.44 bits per heavy atom. The summed E-state index contributed by atoms with van der Waals surface area (Å²) in [5.74, 6) is 0.786. The van der Waals surface area contributed by atoms with Crippen molar-refractivity contribution < 1.29 is 14.7 Å². The molecule has 0 heterocycles. The summed E-state index contributed by atoms with van der Waals surface area (Å²) in [7, 11) is 0. The van der Waals surface area contributed by atoms with Gasteiger partial charge in [0.05, 0.1) is 0 Å². The van der Waals surface area contributed by atoms with E-state index in [-0.39, 0.29) is 0 Å². The van der Waals surface area contributed by atoms with Crippen LogP contribution in [0.2, 0.25) is 0 Å². The first-order valence-corrected chi connectivity index (χ1v) is 5.33. The lowest BCUT2D eigenvalue weighted by molar-refractivity contribution is -0.120. The molecule has 0 amide bonds. The van der Waals surface area contributed by atoms with Crippen molar-refractivity contribution in [2.24, 2.45) is 0 Å². The monoisotopic (exact) mass is 222 g/mol. The van der Waals surface area contributed by atoms with Crippen molar-refractivity contribution in [2.75, 3.05) is 0 Å². The molecule has 16 heavy (non-hydrogen) atoms. The van der Waals surface area contributed by atoms with Crippen LogP contribution in [-0.4, -0.2) is 17.7 Å². The first-order valence-electron chi connectivity index (χ1n) is 5.33. The Kier molecular flexibility index (Phi) is 8.88. The zero-order valence-corrected chi connectivity index (χ0v) is 9.39. The SMILES string of the molecule is C=O.O=C1CCCCC1.Oc1ccccc1. The van der Waals surface area contributed by atoms with Crippen LogP contribution in [0.5, 0.6) is 5.75 Å². The van der Waals surface area contributed by atoms with Crippen molar-refractivity contribution in [1.29, 1.82) is 0 Å². The van der Waals surface area contributed by atoms with Gasteiger partial charge in [0.15, 0.2) is 0 Å². The zero-order chi connectivity index (χ0) is 12.2. The van der Waals surface area contributed by atoms with Gasteiger partial charge in [0.25, 0.3) is 0 Å². The zero-order valence-electron chi connectivity index (χ0n) is 9.39. The van der Waals surface area contributed by atoms with Crippen LogP contribution in [0.4, 0.5) is 0 Å². The van der Waals surface area contributed by atoms with Crippen LogP contribution in [-0.2, 0) is 9.59 Å². The van der Waals surface area contributed by atoms with Crippen molar-refractivity contribution in [3.05, 3.63) is 30.3 Å². The summed E-state index contributed by atoms with van der Waals surface area (Å²) in [4.78, 5) is 18.5. The predicted molar refractivity (Wildman–Crippen MR) is 63.3 cm³/mol. The molecule has 3 heteroatoms. The van der Waals surface area contributed by atoms with Crippen LogP contribution >= 0.6 is 0 Å². The molecule has 0 unspecified atom stereocenters. The summed E-state index contributed by atoms with van der Waals surface area (Å²) in [6.45, 7) is 2.00. The molecule has 0 bridgehead atoms. The standard InChI is InChI=1S/C6H10O.C6H6O.CH2O/c2*7-6-4-2-1-3-5-6;1-2/h1-5H2;1-5,7H;1H2. The van der Waals surface area contributed by atoms with Gasteiger partial charge < -0.3 is 9.90 Å². The maximum absolute atomic E-state index is 10.5. The molecule has 2 rings (SSSR count). The lowest BCUT2D eigenvalue weighted by Gasteiger charge is -2.05. The summed E-state index contributed by atoms with van der Waals surface area (Å²) in [5.41, 5.74) is 0. The van der Waals surface area contributed by atoms with Gasteiger partial charge in [-0.05, 0) is 25.0 Å². The molecule has 0 spiro atoms. The van der Waals surface area contributed by atoms with E-state index in [0.717, 1.165) is 25.7 Å². The van der Waals surface area contributed by atoms with E-state index in [0.29, 0.717) is 11.5 Å². The maximum Gasteiger partial charge on any atom is 0.132 e. The summed E-state index contributed by atoms with van der Waals surface area (Å²) in [5, 5.41) is 8.63. The molecule has 0 aromatic heterocycles. The van der Waals surface area contributed by atoms with E-state index in [2.05, 4.69) is 0 Å². The minimum Gasteiger partial charge on any atom is -0.508 e. The number of phenolic OH excluding ortho intramolecular Hbond substituents is 1. The van der Waals surface area contributed by atoms with Crippen molar-refractivity contribution in [2.45, 2.75) is 32.1 Å². The Balaban J connectivity index is 0.000000244. The highest BCUT2D eigenvalue weighted by Crippen LogP contribution is 2.12. The fraction of sp³-hybridized carbons (Fsp3) is 0.385. The molecule has 1 saturated carbocycles. The van der Waals surface area contributed by atoms with Gasteiger partial charge in [0.1, 0.15) is 18.3 Å². The highest BCUT2D eigenvalue weighted by Gasteiger charge is 2.05. The van der Waals surface area contributed by atoms with Crippen LogP contribution in [0.15, 0.2) is 30.3 Å². The Morgan fingerprint density at radius 1 is 0.938 bits per heavy atom. The Morgan fingerprint density at radius 3 is 1.69 bits per heavy atom. The molecule has 0 saturated heterocycles. The van der Waals surface area contributed by atoms with Gasteiger partial charge in [0, 0.05) is 12.8 Å². The molecule has 0 atom stereocenters. The molecule has 1 aromatic rings. The second-order valence-corrected chi connectivity index (χ2v) is 3.43. The van der Waals surface area contributed by atoms with E-state index in [1.54, 1.807) is 24.3 Å². The van der Waals surface area contributed by atoms with Gasteiger partial charge in [-0.1, -0.05) is 24.6 Å². The first kappa shape index (κ1) is 14.4. The molecular weight excluding hydrogens is 204 g/mol. The second kappa shape index (κ2) is 9.90. The predicted octanol–water partition coefficient (Wildman–Crippen LogP) is 2.73. The van der Waals surface area contributed by atoms with Crippen LogP contribution in [0.3, 0.4) is 0 Å². The first-order chi connectivity index (χ1) is 7.79. The molecule has 1 aliphatic carbocycles. The average molecular weight is 222 g/mol. The third kappa shape index (κ3) is 7.74. The normalized spacial score (nSPS) is 13.9. The number of aromatic hydroxyl groups is 1.